The number of amidine groups is 1. The van der Waals surface area contributed by atoms with E-state index in [2.05, 4.69) is 4.99 Å². The van der Waals surface area contributed by atoms with E-state index in [9.17, 15) is 4.79 Å². The topological polar surface area (TPSA) is 65.7 Å². The van der Waals surface area contributed by atoms with Gasteiger partial charge in [0.1, 0.15) is 11.8 Å². The summed E-state index contributed by atoms with van der Waals surface area (Å²) in [6, 6.07) is 17.2. The van der Waals surface area contributed by atoms with Gasteiger partial charge < -0.3 is 4.74 Å². The predicted molar refractivity (Wildman–Crippen MR) is 109 cm³/mol. The summed E-state index contributed by atoms with van der Waals surface area (Å²) in [4.78, 5) is 19.7. The number of hydrogen-bond donors (Lipinski definition) is 0. The van der Waals surface area contributed by atoms with E-state index in [0.29, 0.717) is 22.4 Å². The highest BCUT2D eigenvalue weighted by Crippen LogP contribution is 2.34. The van der Waals surface area contributed by atoms with E-state index in [1.165, 1.54) is 17.3 Å². The van der Waals surface area contributed by atoms with Crippen LogP contribution in [0.3, 0.4) is 0 Å². The highest BCUT2D eigenvalue weighted by molar-refractivity contribution is 8.18. The Morgan fingerprint density at radius 1 is 1.26 bits per heavy atom. The van der Waals surface area contributed by atoms with Crippen molar-refractivity contribution in [1.82, 2.24) is 4.90 Å². The molecule has 0 unspecified atom stereocenters. The molecule has 1 amide bonds. The lowest BCUT2D eigenvalue weighted by Crippen LogP contribution is -2.28. The average molecular weight is 377 g/mol. The Balaban J connectivity index is 1.87. The smallest absolute Gasteiger partial charge is 0.266 e. The van der Waals surface area contributed by atoms with Gasteiger partial charge in [-0.3, -0.25) is 9.69 Å². The van der Waals surface area contributed by atoms with E-state index in [4.69, 9.17) is 10.00 Å². The zero-order valence-corrected chi connectivity index (χ0v) is 16.0. The van der Waals surface area contributed by atoms with Crippen molar-refractivity contribution in [2.24, 2.45) is 4.99 Å². The minimum atomic E-state index is -0.0586. The van der Waals surface area contributed by atoms with Crippen LogP contribution in [-0.4, -0.2) is 29.1 Å². The van der Waals surface area contributed by atoms with Crippen molar-refractivity contribution in [3.05, 3.63) is 64.6 Å². The van der Waals surface area contributed by atoms with Gasteiger partial charge in [0.25, 0.3) is 5.91 Å². The van der Waals surface area contributed by atoms with Gasteiger partial charge in [-0.05, 0) is 61.5 Å². The molecule has 0 atom stereocenters. The van der Waals surface area contributed by atoms with E-state index in [1.54, 1.807) is 11.0 Å². The van der Waals surface area contributed by atoms with Crippen LogP contribution in [0.2, 0.25) is 0 Å². The van der Waals surface area contributed by atoms with Gasteiger partial charge in [-0.1, -0.05) is 29.8 Å². The molecule has 0 aromatic heterocycles. The summed E-state index contributed by atoms with van der Waals surface area (Å²) < 4.78 is 5.32. The molecule has 3 rings (SSSR count). The molecule has 1 aliphatic heterocycles. The van der Waals surface area contributed by atoms with Crippen LogP contribution >= 0.6 is 11.8 Å². The minimum Gasteiger partial charge on any atom is -0.479 e. The molecule has 2 aromatic rings. The Morgan fingerprint density at radius 2 is 2.04 bits per heavy atom. The predicted octanol–water partition coefficient (Wildman–Crippen LogP) is 4.52. The maximum atomic E-state index is 12.7. The van der Waals surface area contributed by atoms with Crippen LogP contribution in [0.4, 0.5) is 5.69 Å². The summed E-state index contributed by atoms with van der Waals surface area (Å²) in [6.45, 7) is 4.50. The first kappa shape index (κ1) is 18.7. The second kappa shape index (κ2) is 8.56. The quantitative estimate of drug-likeness (QED) is 0.719. The summed E-state index contributed by atoms with van der Waals surface area (Å²) in [6.07, 6.45) is 1.83. The van der Waals surface area contributed by atoms with Gasteiger partial charge in [-0.15, -0.1) is 0 Å². The SMILES string of the molecule is CCN1C(=O)/C(=C\c2cccc(OCC#N)c2)SC1=Nc1ccc(C)cc1. The number of nitrogens with zero attached hydrogens (tertiary/aromatic N) is 3. The van der Waals surface area contributed by atoms with E-state index >= 15 is 0 Å². The van der Waals surface area contributed by atoms with E-state index in [1.807, 2.05) is 68.5 Å². The summed E-state index contributed by atoms with van der Waals surface area (Å²) in [5, 5.41) is 9.30. The molecule has 0 spiro atoms. The number of rotatable bonds is 5. The monoisotopic (exact) mass is 377 g/mol. The number of benzene rings is 2. The summed E-state index contributed by atoms with van der Waals surface area (Å²) in [5.41, 5.74) is 2.83. The highest BCUT2D eigenvalue weighted by Gasteiger charge is 2.32. The lowest BCUT2D eigenvalue weighted by Gasteiger charge is -2.12. The number of amides is 1. The first-order chi connectivity index (χ1) is 13.1. The van der Waals surface area contributed by atoms with Gasteiger partial charge >= 0.3 is 0 Å². The fourth-order valence-corrected chi connectivity index (χ4v) is 3.62. The Kier molecular flexibility index (Phi) is 5.94. The third-order valence-electron chi connectivity index (χ3n) is 3.92. The minimum absolute atomic E-state index is 0.00925. The molecule has 1 saturated heterocycles. The summed E-state index contributed by atoms with van der Waals surface area (Å²) in [5.74, 6) is 0.541. The first-order valence-electron chi connectivity index (χ1n) is 8.57. The molecule has 0 radical (unpaired) electrons. The molecule has 1 fully saturated rings. The Morgan fingerprint density at radius 3 is 2.74 bits per heavy atom. The molecule has 5 nitrogen and oxygen atoms in total. The van der Waals surface area contributed by atoms with Gasteiger partial charge in [0.05, 0.1) is 10.6 Å². The first-order valence-corrected chi connectivity index (χ1v) is 9.39. The molecule has 0 bridgehead atoms. The van der Waals surface area contributed by atoms with Crippen molar-refractivity contribution in [2.45, 2.75) is 13.8 Å². The van der Waals surface area contributed by atoms with Crippen LogP contribution in [-0.2, 0) is 4.79 Å². The normalized spacial score (nSPS) is 16.8. The van der Waals surface area contributed by atoms with Crippen LogP contribution in [0.25, 0.3) is 6.08 Å². The maximum absolute atomic E-state index is 12.7. The van der Waals surface area contributed by atoms with E-state index in [-0.39, 0.29) is 12.5 Å². The molecule has 1 aliphatic rings. The van der Waals surface area contributed by atoms with Crippen molar-refractivity contribution in [3.8, 4) is 11.8 Å². The molecule has 0 N–H and O–H groups in total. The van der Waals surface area contributed by atoms with Crippen LogP contribution in [0.15, 0.2) is 58.4 Å². The van der Waals surface area contributed by atoms with Gasteiger partial charge in [-0.25, -0.2) is 4.99 Å². The van der Waals surface area contributed by atoms with Gasteiger partial charge in [0.2, 0.25) is 0 Å². The second-order valence-electron chi connectivity index (χ2n) is 5.91. The largest absolute Gasteiger partial charge is 0.479 e. The van der Waals surface area contributed by atoms with Crippen LogP contribution in [0.5, 0.6) is 5.75 Å². The Hall–Kier alpha value is -3.04. The Labute approximate surface area is 163 Å². The van der Waals surface area contributed by atoms with E-state index < -0.39 is 0 Å². The zero-order chi connectivity index (χ0) is 19.2. The number of nitriles is 1. The molecule has 6 heteroatoms. The van der Waals surface area contributed by atoms with Crippen molar-refractivity contribution < 1.29 is 9.53 Å². The zero-order valence-electron chi connectivity index (χ0n) is 15.2. The molecule has 0 saturated carbocycles. The molecular weight excluding hydrogens is 358 g/mol. The average Bonchev–Trinajstić information content (AvgIpc) is 2.96. The number of likely N-dealkylation sites (N-methyl/N-ethyl adjacent to an activating group) is 1. The van der Waals surface area contributed by atoms with Crippen molar-refractivity contribution in [3.63, 3.8) is 0 Å². The second-order valence-corrected chi connectivity index (χ2v) is 6.92. The van der Waals surface area contributed by atoms with Crippen LogP contribution < -0.4 is 4.74 Å². The van der Waals surface area contributed by atoms with Gasteiger partial charge in [0.15, 0.2) is 11.8 Å². The van der Waals surface area contributed by atoms with Crippen molar-refractivity contribution in [2.75, 3.05) is 13.2 Å². The number of carbonyl (C=O) groups excluding carboxylic acids is 1. The number of carbonyl (C=O) groups is 1. The fourth-order valence-electron chi connectivity index (χ4n) is 2.56. The summed E-state index contributed by atoms with van der Waals surface area (Å²) >= 11 is 1.36. The number of aryl methyl sites for hydroxylation is 1. The van der Waals surface area contributed by atoms with Crippen LogP contribution in [0.1, 0.15) is 18.1 Å². The molecule has 0 aliphatic carbocycles. The van der Waals surface area contributed by atoms with Gasteiger partial charge in [0, 0.05) is 6.54 Å². The van der Waals surface area contributed by atoms with Gasteiger partial charge in [-0.2, -0.15) is 5.26 Å². The number of hydrogen-bond acceptors (Lipinski definition) is 5. The van der Waals surface area contributed by atoms with Crippen molar-refractivity contribution >= 4 is 34.6 Å². The van der Waals surface area contributed by atoms with E-state index in [0.717, 1.165) is 11.3 Å². The molecule has 1 heterocycles. The molecule has 27 heavy (non-hydrogen) atoms. The number of aliphatic imine (C=N–C) groups is 1. The maximum Gasteiger partial charge on any atom is 0.266 e. The number of ether oxygens (including phenoxy) is 1. The summed E-state index contributed by atoms with van der Waals surface area (Å²) in [7, 11) is 0. The number of thioether (sulfide) groups is 1. The third-order valence-corrected chi connectivity index (χ3v) is 4.93. The Bertz CT molecular complexity index is 943. The highest BCUT2D eigenvalue weighted by atomic mass is 32.2. The van der Waals surface area contributed by atoms with Crippen molar-refractivity contribution in [1.29, 1.82) is 5.26 Å². The lowest BCUT2D eigenvalue weighted by molar-refractivity contribution is -0.122. The lowest BCUT2D eigenvalue weighted by atomic mass is 10.2. The molecular formula is C21H19N3O2S. The molecule has 136 valence electrons. The molecule has 2 aromatic carbocycles. The standard InChI is InChI=1S/C21H19N3O2S/c1-3-24-20(25)19(14-16-5-4-6-18(13-16)26-12-11-22)27-21(24)23-17-9-7-15(2)8-10-17/h4-10,13-14H,3,12H2,1-2H3/b19-14+,23-21?. The van der Waals surface area contributed by atoms with Crippen LogP contribution in [0, 0.1) is 18.3 Å². The third kappa shape index (κ3) is 4.57. The fraction of sp³-hybridized carbons (Fsp3) is 0.190.